The van der Waals surface area contributed by atoms with Crippen molar-refractivity contribution in [3.05, 3.63) is 51.7 Å². The summed E-state index contributed by atoms with van der Waals surface area (Å²) in [6.07, 6.45) is 3.08. The fraction of sp³-hybridized carbons (Fsp3) is 0.316. The van der Waals surface area contributed by atoms with E-state index in [-0.39, 0.29) is 11.5 Å². The van der Waals surface area contributed by atoms with Gasteiger partial charge in [0.2, 0.25) is 0 Å². The van der Waals surface area contributed by atoms with Crippen LogP contribution in [0, 0.1) is 24.1 Å². The maximum atomic E-state index is 13.0. The van der Waals surface area contributed by atoms with E-state index in [9.17, 15) is 19.2 Å². The molecule has 1 aliphatic heterocycles. The molecule has 5 nitrogen and oxygen atoms in total. The number of likely N-dealkylation sites (tertiary alicyclic amines) is 1. The number of hydrogen-bond donors (Lipinski definition) is 1. The number of carbonyl (C=O) groups is 2. The van der Waals surface area contributed by atoms with Gasteiger partial charge in [0, 0.05) is 18.7 Å². The average Bonchev–Trinajstić information content (AvgIpc) is 2.97. The average molecular weight is 371 g/mol. The Morgan fingerprint density at radius 3 is 2.46 bits per heavy atom. The SMILES string of the molecule is Cc1c(C(=O)N2CCCCC2)sc(NC(=O)c2ccc(F)cc2)c1C#N. The van der Waals surface area contributed by atoms with Crippen LogP contribution in [0.5, 0.6) is 0 Å². The number of carbonyl (C=O) groups excluding carboxylic acids is 2. The number of hydrogen-bond acceptors (Lipinski definition) is 4. The summed E-state index contributed by atoms with van der Waals surface area (Å²) in [6.45, 7) is 3.16. The third kappa shape index (κ3) is 3.60. The predicted octanol–water partition coefficient (Wildman–Crippen LogP) is 3.95. The van der Waals surface area contributed by atoms with E-state index in [1.165, 1.54) is 24.3 Å². The highest BCUT2D eigenvalue weighted by Gasteiger charge is 2.26. The van der Waals surface area contributed by atoms with Gasteiger partial charge in [0.05, 0.1) is 10.4 Å². The number of benzene rings is 1. The van der Waals surface area contributed by atoms with Gasteiger partial charge in [-0.25, -0.2) is 4.39 Å². The zero-order chi connectivity index (χ0) is 18.7. The molecule has 1 fully saturated rings. The van der Waals surface area contributed by atoms with E-state index >= 15 is 0 Å². The van der Waals surface area contributed by atoms with E-state index in [0.29, 0.717) is 21.0 Å². The van der Waals surface area contributed by atoms with Crippen molar-refractivity contribution in [3.63, 3.8) is 0 Å². The van der Waals surface area contributed by atoms with Gasteiger partial charge in [0.15, 0.2) is 0 Å². The number of amides is 2. The van der Waals surface area contributed by atoms with Crippen LogP contribution in [-0.2, 0) is 0 Å². The molecule has 0 aliphatic carbocycles. The van der Waals surface area contributed by atoms with Crippen LogP contribution in [0.25, 0.3) is 0 Å². The van der Waals surface area contributed by atoms with Crippen molar-refractivity contribution in [2.75, 3.05) is 18.4 Å². The molecule has 0 radical (unpaired) electrons. The van der Waals surface area contributed by atoms with Gasteiger partial charge in [-0.3, -0.25) is 9.59 Å². The largest absolute Gasteiger partial charge is 0.338 e. The Labute approximate surface area is 155 Å². The number of halogens is 1. The van der Waals surface area contributed by atoms with Crippen LogP contribution in [-0.4, -0.2) is 29.8 Å². The molecular formula is C19H18FN3O2S. The van der Waals surface area contributed by atoms with Crippen LogP contribution in [0.15, 0.2) is 24.3 Å². The molecule has 2 amide bonds. The number of anilines is 1. The van der Waals surface area contributed by atoms with Gasteiger partial charge >= 0.3 is 0 Å². The Hall–Kier alpha value is -2.72. The minimum absolute atomic E-state index is 0.0917. The van der Waals surface area contributed by atoms with Crippen LogP contribution in [0.2, 0.25) is 0 Å². The van der Waals surface area contributed by atoms with Gasteiger partial charge in [0.1, 0.15) is 16.9 Å². The van der Waals surface area contributed by atoms with E-state index in [1.54, 1.807) is 11.8 Å². The molecule has 0 spiro atoms. The first kappa shape index (κ1) is 18.1. The highest BCUT2D eigenvalue weighted by molar-refractivity contribution is 7.18. The normalized spacial score (nSPS) is 14.0. The molecule has 3 rings (SSSR count). The molecule has 1 N–H and O–H groups in total. The van der Waals surface area contributed by atoms with Crippen LogP contribution in [0.3, 0.4) is 0 Å². The highest BCUT2D eigenvalue weighted by atomic mass is 32.1. The number of piperidine rings is 1. The quantitative estimate of drug-likeness (QED) is 0.888. The fourth-order valence-corrected chi connectivity index (χ4v) is 4.08. The first-order valence-corrected chi connectivity index (χ1v) is 9.22. The molecule has 0 atom stereocenters. The van der Waals surface area contributed by atoms with Gasteiger partial charge in [-0.1, -0.05) is 0 Å². The van der Waals surface area contributed by atoms with Crippen LogP contribution >= 0.6 is 11.3 Å². The summed E-state index contributed by atoms with van der Waals surface area (Å²) in [4.78, 5) is 27.4. The third-order valence-corrected chi connectivity index (χ3v) is 5.62. The van der Waals surface area contributed by atoms with Gasteiger partial charge in [-0.15, -0.1) is 11.3 Å². The number of thiophene rings is 1. The van der Waals surface area contributed by atoms with Crippen LogP contribution in [0.4, 0.5) is 9.39 Å². The van der Waals surface area contributed by atoms with Crippen molar-refractivity contribution >= 4 is 28.2 Å². The summed E-state index contributed by atoms with van der Waals surface area (Å²) >= 11 is 1.12. The summed E-state index contributed by atoms with van der Waals surface area (Å²) < 4.78 is 13.0. The van der Waals surface area contributed by atoms with Crippen molar-refractivity contribution in [1.29, 1.82) is 5.26 Å². The minimum atomic E-state index is -0.445. The number of nitrogens with zero attached hydrogens (tertiary/aromatic N) is 2. The maximum Gasteiger partial charge on any atom is 0.264 e. The molecular weight excluding hydrogens is 353 g/mol. The fourth-order valence-electron chi connectivity index (χ4n) is 2.96. The zero-order valence-corrected chi connectivity index (χ0v) is 15.2. The van der Waals surface area contributed by atoms with Crippen molar-refractivity contribution in [2.24, 2.45) is 0 Å². The molecule has 1 aliphatic rings. The van der Waals surface area contributed by atoms with Crippen molar-refractivity contribution in [2.45, 2.75) is 26.2 Å². The Bertz CT molecular complexity index is 877. The molecule has 1 saturated heterocycles. The minimum Gasteiger partial charge on any atom is -0.338 e. The van der Waals surface area contributed by atoms with Gasteiger partial charge in [-0.05, 0) is 56.0 Å². The van der Waals surface area contributed by atoms with Gasteiger partial charge in [-0.2, -0.15) is 5.26 Å². The first-order valence-electron chi connectivity index (χ1n) is 8.41. The highest BCUT2D eigenvalue weighted by Crippen LogP contribution is 2.34. The standard InChI is InChI=1S/C19H18FN3O2S/c1-12-15(11-21)18(22-17(24)13-5-7-14(20)8-6-13)26-16(12)19(25)23-9-3-2-4-10-23/h5-8H,2-4,9-10H2,1H3,(H,22,24). The summed E-state index contributed by atoms with van der Waals surface area (Å²) in [5.41, 5.74) is 1.17. The molecule has 26 heavy (non-hydrogen) atoms. The maximum absolute atomic E-state index is 13.0. The van der Waals surface area contributed by atoms with Gasteiger partial charge in [0.25, 0.3) is 11.8 Å². The second kappa shape index (κ2) is 7.67. The Morgan fingerprint density at radius 2 is 1.85 bits per heavy atom. The monoisotopic (exact) mass is 371 g/mol. The van der Waals surface area contributed by atoms with Gasteiger partial charge < -0.3 is 10.2 Å². The molecule has 1 aromatic heterocycles. The summed E-state index contributed by atoms with van der Waals surface area (Å²) in [5, 5.41) is 12.5. The van der Waals surface area contributed by atoms with Crippen molar-refractivity contribution in [1.82, 2.24) is 4.90 Å². The Kier molecular flexibility index (Phi) is 5.33. The van der Waals surface area contributed by atoms with Crippen molar-refractivity contribution in [3.8, 4) is 6.07 Å². The van der Waals surface area contributed by atoms with E-state index < -0.39 is 11.7 Å². The number of rotatable bonds is 3. The number of nitrogens with one attached hydrogen (secondary N) is 1. The van der Waals surface area contributed by atoms with Crippen LogP contribution < -0.4 is 5.32 Å². The molecule has 7 heteroatoms. The van der Waals surface area contributed by atoms with E-state index in [1.807, 2.05) is 0 Å². The number of nitriles is 1. The lowest BCUT2D eigenvalue weighted by atomic mass is 10.1. The lowest BCUT2D eigenvalue weighted by molar-refractivity contribution is 0.0728. The molecule has 134 valence electrons. The summed E-state index contributed by atoms with van der Waals surface area (Å²) in [7, 11) is 0. The first-order chi connectivity index (χ1) is 12.5. The van der Waals surface area contributed by atoms with Crippen LogP contribution in [0.1, 0.15) is 50.4 Å². The summed E-state index contributed by atoms with van der Waals surface area (Å²) in [5.74, 6) is -0.966. The second-order valence-electron chi connectivity index (χ2n) is 6.19. The van der Waals surface area contributed by atoms with E-state index in [2.05, 4.69) is 11.4 Å². The second-order valence-corrected chi connectivity index (χ2v) is 7.21. The predicted molar refractivity (Wildman–Crippen MR) is 97.9 cm³/mol. The molecule has 0 bridgehead atoms. The Balaban J connectivity index is 1.85. The lowest BCUT2D eigenvalue weighted by Crippen LogP contribution is -2.35. The zero-order valence-electron chi connectivity index (χ0n) is 14.3. The molecule has 1 aromatic carbocycles. The van der Waals surface area contributed by atoms with E-state index in [4.69, 9.17) is 0 Å². The lowest BCUT2D eigenvalue weighted by Gasteiger charge is -2.26. The van der Waals surface area contributed by atoms with Crippen molar-refractivity contribution < 1.29 is 14.0 Å². The molecule has 0 unspecified atom stereocenters. The molecule has 2 aromatic rings. The molecule has 0 saturated carbocycles. The Morgan fingerprint density at radius 1 is 1.19 bits per heavy atom. The smallest absolute Gasteiger partial charge is 0.264 e. The topological polar surface area (TPSA) is 73.2 Å². The molecule has 2 heterocycles. The van der Waals surface area contributed by atoms with E-state index in [0.717, 1.165) is 43.7 Å². The summed E-state index contributed by atoms with van der Waals surface area (Å²) in [6, 6.07) is 7.22. The third-order valence-electron chi connectivity index (χ3n) is 4.43.